The van der Waals surface area contributed by atoms with E-state index in [1.54, 1.807) is 5.01 Å². The Morgan fingerprint density at radius 3 is 2.65 bits per heavy atom. The number of rotatable bonds is 6. The third-order valence-electron chi connectivity index (χ3n) is 5.17. The summed E-state index contributed by atoms with van der Waals surface area (Å²) in [5.41, 5.74) is 4.17. The summed E-state index contributed by atoms with van der Waals surface area (Å²) in [7, 11) is 0. The number of hydrogen-bond acceptors (Lipinski definition) is 4. The topological polar surface area (TPSA) is 64.7 Å². The molecule has 3 unspecified atom stereocenters. The van der Waals surface area contributed by atoms with E-state index in [2.05, 4.69) is 36.4 Å². The van der Waals surface area contributed by atoms with Crippen LogP contribution in [-0.2, 0) is 9.59 Å². The van der Waals surface area contributed by atoms with Crippen molar-refractivity contribution in [2.45, 2.75) is 33.2 Å². The number of nitrogens with zero attached hydrogens (tertiary/aromatic N) is 2. The molecule has 3 atom stereocenters. The van der Waals surface area contributed by atoms with Crippen LogP contribution in [0.2, 0.25) is 0 Å². The first kappa shape index (κ1) is 18.9. The lowest BCUT2D eigenvalue weighted by molar-refractivity contribution is -0.130. The Morgan fingerprint density at radius 1 is 1.27 bits per heavy atom. The van der Waals surface area contributed by atoms with E-state index in [1.807, 2.05) is 30.3 Å². The van der Waals surface area contributed by atoms with Crippen LogP contribution in [0.1, 0.15) is 27.2 Å². The van der Waals surface area contributed by atoms with Crippen LogP contribution in [0.5, 0.6) is 0 Å². The highest BCUT2D eigenvalue weighted by molar-refractivity contribution is 5.98. The van der Waals surface area contributed by atoms with Crippen molar-refractivity contribution >= 4 is 17.5 Å². The summed E-state index contributed by atoms with van der Waals surface area (Å²) in [6.07, 6.45) is 1.02. The molecule has 6 nitrogen and oxygen atoms in total. The summed E-state index contributed by atoms with van der Waals surface area (Å²) in [5.74, 6) is 0.0967. The first-order valence-corrected chi connectivity index (χ1v) is 9.66. The van der Waals surface area contributed by atoms with Crippen LogP contribution >= 0.6 is 0 Å². The Kier molecular flexibility index (Phi) is 5.94. The van der Waals surface area contributed by atoms with E-state index in [0.717, 1.165) is 18.7 Å². The molecule has 2 fully saturated rings. The second-order valence-electron chi connectivity index (χ2n) is 7.78. The molecule has 2 amide bonds. The highest BCUT2D eigenvalue weighted by atomic mass is 16.2. The number of hydrogen-bond donors (Lipinski definition) is 2. The molecule has 1 aromatic rings. The summed E-state index contributed by atoms with van der Waals surface area (Å²) in [6.45, 7) is 9.28. The van der Waals surface area contributed by atoms with Crippen LogP contribution in [0.15, 0.2) is 30.3 Å². The first-order chi connectivity index (χ1) is 12.5. The smallest absolute Gasteiger partial charge is 0.247 e. The van der Waals surface area contributed by atoms with Crippen LogP contribution in [0, 0.1) is 17.8 Å². The van der Waals surface area contributed by atoms with E-state index in [-0.39, 0.29) is 29.7 Å². The zero-order chi connectivity index (χ0) is 18.7. The van der Waals surface area contributed by atoms with Crippen molar-refractivity contribution in [3.8, 4) is 0 Å². The van der Waals surface area contributed by atoms with Crippen LogP contribution in [0.4, 0.5) is 5.69 Å². The minimum Gasteiger partial charge on any atom is -0.356 e. The van der Waals surface area contributed by atoms with Gasteiger partial charge in [0, 0.05) is 19.6 Å². The third-order valence-corrected chi connectivity index (χ3v) is 5.17. The number of likely N-dealkylation sites (tertiary alicyclic amines) is 1. The molecule has 2 aliphatic heterocycles. The predicted molar refractivity (Wildman–Crippen MR) is 102 cm³/mol. The second kappa shape index (κ2) is 8.18. The number of carbonyl (C=O) groups excluding carboxylic acids is 2. The van der Waals surface area contributed by atoms with Gasteiger partial charge in [-0.1, -0.05) is 39.0 Å². The molecular formula is C20H30N4O2. The second-order valence-corrected chi connectivity index (χ2v) is 7.78. The Labute approximate surface area is 155 Å². The SMILES string of the molecule is CCCN1CC(C(=O)NCC(C)C)C2NN(c3ccccc3)C(=O)C2C1. The van der Waals surface area contributed by atoms with Crippen LogP contribution in [0.3, 0.4) is 0 Å². The lowest BCUT2D eigenvalue weighted by atomic mass is 9.84. The van der Waals surface area contributed by atoms with E-state index >= 15 is 0 Å². The van der Waals surface area contributed by atoms with Crippen molar-refractivity contribution in [1.82, 2.24) is 15.6 Å². The summed E-state index contributed by atoms with van der Waals surface area (Å²) in [5, 5.41) is 4.69. The minimum absolute atomic E-state index is 0.0460. The van der Waals surface area contributed by atoms with Gasteiger partial charge in [0.15, 0.2) is 0 Å². The third kappa shape index (κ3) is 3.91. The standard InChI is InChI=1S/C20H30N4O2/c1-4-10-23-12-16(19(25)21-11-14(2)3)18-17(13-23)20(26)24(22-18)15-8-6-5-7-9-15/h5-9,14,16-18,22H,4,10-13H2,1-3H3,(H,21,25). The van der Waals surface area contributed by atoms with Crippen molar-refractivity contribution in [3.63, 3.8) is 0 Å². The van der Waals surface area contributed by atoms with Crippen molar-refractivity contribution in [2.75, 3.05) is 31.2 Å². The van der Waals surface area contributed by atoms with Gasteiger partial charge in [-0.25, -0.2) is 10.4 Å². The summed E-state index contributed by atoms with van der Waals surface area (Å²) >= 11 is 0. The largest absolute Gasteiger partial charge is 0.356 e. The number of para-hydroxylation sites is 1. The maximum atomic E-state index is 13.0. The van der Waals surface area contributed by atoms with E-state index in [9.17, 15) is 9.59 Å². The number of fused-ring (bicyclic) bond motifs is 1. The van der Waals surface area contributed by atoms with Crippen molar-refractivity contribution < 1.29 is 9.59 Å². The number of anilines is 1. The van der Waals surface area contributed by atoms with Crippen LogP contribution < -0.4 is 15.8 Å². The molecule has 0 bridgehead atoms. The normalized spacial score (nSPS) is 26.2. The molecular weight excluding hydrogens is 328 g/mol. The quantitative estimate of drug-likeness (QED) is 0.811. The van der Waals surface area contributed by atoms with Gasteiger partial charge >= 0.3 is 0 Å². The predicted octanol–water partition coefficient (Wildman–Crippen LogP) is 1.64. The van der Waals surface area contributed by atoms with Gasteiger partial charge in [-0.2, -0.15) is 0 Å². The lowest BCUT2D eigenvalue weighted by Crippen LogP contribution is -2.57. The summed E-state index contributed by atoms with van der Waals surface area (Å²) < 4.78 is 0. The molecule has 2 heterocycles. The van der Waals surface area contributed by atoms with E-state index in [4.69, 9.17) is 0 Å². The van der Waals surface area contributed by atoms with E-state index < -0.39 is 0 Å². The lowest BCUT2D eigenvalue weighted by Gasteiger charge is -2.38. The zero-order valence-corrected chi connectivity index (χ0v) is 15.9. The van der Waals surface area contributed by atoms with E-state index in [1.165, 1.54) is 0 Å². The molecule has 0 saturated carbocycles. The van der Waals surface area contributed by atoms with Gasteiger partial charge in [0.25, 0.3) is 0 Å². The molecule has 2 aliphatic rings. The number of carbonyl (C=O) groups is 2. The Balaban J connectivity index is 1.80. The maximum Gasteiger partial charge on any atom is 0.247 e. The van der Waals surface area contributed by atoms with Gasteiger partial charge in [0.05, 0.1) is 23.6 Å². The van der Waals surface area contributed by atoms with Crippen LogP contribution in [0.25, 0.3) is 0 Å². The Hall–Kier alpha value is -1.92. The van der Waals surface area contributed by atoms with Gasteiger partial charge in [0.1, 0.15) is 0 Å². The summed E-state index contributed by atoms with van der Waals surface area (Å²) in [4.78, 5) is 28.1. The summed E-state index contributed by atoms with van der Waals surface area (Å²) in [6, 6.07) is 9.45. The highest BCUT2D eigenvalue weighted by Gasteiger charge is 2.50. The molecule has 1 aromatic carbocycles. The van der Waals surface area contributed by atoms with Crippen LogP contribution in [-0.4, -0.2) is 48.9 Å². The maximum absolute atomic E-state index is 13.0. The average Bonchev–Trinajstić information content (AvgIpc) is 2.97. The van der Waals surface area contributed by atoms with Crippen molar-refractivity contribution in [2.24, 2.45) is 17.8 Å². The average molecular weight is 358 g/mol. The molecule has 0 aliphatic carbocycles. The molecule has 6 heteroatoms. The molecule has 142 valence electrons. The molecule has 0 spiro atoms. The van der Waals surface area contributed by atoms with Gasteiger partial charge in [0.2, 0.25) is 11.8 Å². The zero-order valence-electron chi connectivity index (χ0n) is 15.9. The highest BCUT2D eigenvalue weighted by Crippen LogP contribution is 2.31. The number of amides is 2. The molecule has 2 N–H and O–H groups in total. The molecule has 0 radical (unpaired) electrons. The molecule has 3 rings (SSSR count). The van der Waals surface area contributed by atoms with Gasteiger partial charge in [-0.3, -0.25) is 9.59 Å². The molecule has 0 aromatic heterocycles. The van der Waals surface area contributed by atoms with Crippen molar-refractivity contribution in [3.05, 3.63) is 30.3 Å². The molecule has 26 heavy (non-hydrogen) atoms. The van der Waals surface area contributed by atoms with E-state index in [0.29, 0.717) is 25.6 Å². The first-order valence-electron chi connectivity index (χ1n) is 9.66. The number of hydrazine groups is 1. The Bertz CT molecular complexity index is 634. The van der Waals surface area contributed by atoms with Gasteiger partial charge in [-0.05, 0) is 31.0 Å². The molecule has 2 saturated heterocycles. The van der Waals surface area contributed by atoms with Crippen molar-refractivity contribution in [1.29, 1.82) is 0 Å². The van der Waals surface area contributed by atoms with Gasteiger partial charge < -0.3 is 10.2 Å². The number of nitrogens with one attached hydrogen (secondary N) is 2. The Morgan fingerprint density at radius 2 is 2.00 bits per heavy atom. The minimum atomic E-state index is -0.225. The number of benzene rings is 1. The number of piperidine rings is 1. The fraction of sp³-hybridized carbons (Fsp3) is 0.600. The van der Waals surface area contributed by atoms with Gasteiger partial charge in [-0.15, -0.1) is 0 Å². The monoisotopic (exact) mass is 358 g/mol. The fourth-order valence-corrected chi connectivity index (χ4v) is 3.89. The fourth-order valence-electron chi connectivity index (χ4n) is 3.89.